The molecule has 1 aromatic rings. The van der Waals surface area contributed by atoms with Gasteiger partial charge in [0, 0.05) is 32.3 Å². The molecule has 0 unspecified atom stereocenters. The van der Waals surface area contributed by atoms with Crippen LogP contribution in [0, 0.1) is 5.82 Å². The molecule has 6 heteroatoms. The molecule has 2 aliphatic heterocycles. The van der Waals surface area contributed by atoms with Crippen LogP contribution in [0.2, 0.25) is 0 Å². The summed E-state index contributed by atoms with van der Waals surface area (Å²) in [6.45, 7) is 4.10. The smallest absolute Gasteiger partial charge is 0.246 e. The summed E-state index contributed by atoms with van der Waals surface area (Å²) in [5.41, 5.74) is 1.12. The van der Waals surface area contributed by atoms with Crippen molar-refractivity contribution < 1.29 is 18.7 Å². The van der Waals surface area contributed by atoms with Crippen molar-refractivity contribution in [3.05, 3.63) is 35.6 Å². The summed E-state index contributed by atoms with van der Waals surface area (Å²) in [6, 6.07) is 6.87. The summed E-state index contributed by atoms with van der Waals surface area (Å²) < 4.78 is 24.1. The fourth-order valence-corrected chi connectivity index (χ4v) is 3.57. The lowest BCUT2D eigenvalue weighted by molar-refractivity contribution is -0.128. The van der Waals surface area contributed by atoms with Crippen LogP contribution < -0.4 is 5.32 Å². The molecule has 0 aliphatic carbocycles. The molecule has 144 valence electrons. The molecule has 2 saturated heterocycles. The SMILES string of the molecule is O=C(COC[C@H]1CCCCO1)NC1CCN(Cc2ccc(F)cc2)CC1. The second-order valence-corrected chi connectivity index (χ2v) is 7.25. The first-order valence-electron chi connectivity index (χ1n) is 9.64. The third-order valence-electron chi connectivity index (χ3n) is 5.08. The number of hydrogen-bond acceptors (Lipinski definition) is 4. The van der Waals surface area contributed by atoms with Crippen molar-refractivity contribution in [1.82, 2.24) is 10.2 Å². The van der Waals surface area contributed by atoms with Crippen molar-refractivity contribution in [3.63, 3.8) is 0 Å². The number of likely N-dealkylation sites (tertiary alicyclic amines) is 1. The summed E-state index contributed by atoms with van der Waals surface area (Å²) in [7, 11) is 0. The lowest BCUT2D eigenvalue weighted by Crippen LogP contribution is -2.45. The van der Waals surface area contributed by atoms with E-state index in [2.05, 4.69) is 10.2 Å². The molecule has 0 bridgehead atoms. The van der Waals surface area contributed by atoms with Crippen LogP contribution in [0.5, 0.6) is 0 Å². The number of carbonyl (C=O) groups excluding carboxylic acids is 1. The van der Waals surface area contributed by atoms with Crippen LogP contribution in [0.3, 0.4) is 0 Å². The fourth-order valence-electron chi connectivity index (χ4n) is 3.57. The number of halogens is 1. The van der Waals surface area contributed by atoms with E-state index in [1.165, 1.54) is 18.6 Å². The first-order chi connectivity index (χ1) is 12.7. The zero-order chi connectivity index (χ0) is 18.2. The molecule has 1 aromatic carbocycles. The molecule has 1 N–H and O–H groups in total. The minimum atomic E-state index is -0.201. The predicted molar refractivity (Wildman–Crippen MR) is 97.3 cm³/mol. The van der Waals surface area contributed by atoms with Crippen LogP contribution in [-0.2, 0) is 20.8 Å². The molecule has 2 aliphatic rings. The molecule has 5 nitrogen and oxygen atoms in total. The Morgan fingerprint density at radius 3 is 2.65 bits per heavy atom. The van der Waals surface area contributed by atoms with Gasteiger partial charge >= 0.3 is 0 Å². The number of amides is 1. The van der Waals surface area contributed by atoms with E-state index in [1.54, 1.807) is 0 Å². The van der Waals surface area contributed by atoms with Crippen LogP contribution >= 0.6 is 0 Å². The van der Waals surface area contributed by atoms with Gasteiger partial charge in [-0.05, 0) is 49.8 Å². The van der Waals surface area contributed by atoms with E-state index in [0.29, 0.717) is 6.61 Å². The van der Waals surface area contributed by atoms with E-state index < -0.39 is 0 Å². The number of ether oxygens (including phenoxy) is 2. The van der Waals surface area contributed by atoms with Crippen molar-refractivity contribution in [2.75, 3.05) is 32.9 Å². The standard InChI is InChI=1S/C20H29FN2O3/c21-17-6-4-16(5-7-17)13-23-10-8-18(9-11-23)22-20(24)15-25-14-19-3-1-2-12-26-19/h4-7,18-19H,1-3,8-15H2,(H,22,24)/t19-/m1/s1. The van der Waals surface area contributed by atoms with Crippen LogP contribution in [0.1, 0.15) is 37.7 Å². The van der Waals surface area contributed by atoms with Gasteiger partial charge in [-0.2, -0.15) is 0 Å². The highest BCUT2D eigenvalue weighted by Gasteiger charge is 2.21. The average Bonchev–Trinajstić information content (AvgIpc) is 2.66. The number of benzene rings is 1. The van der Waals surface area contributed by atoms with Gasteiger partial charge in [0.15, 0.2) is 0 Å². The quantitative estimate of drug-likeness (QED) is 0.808. The summed E-state index contributed by atoms with van der Waals surface area (Å²) >= 11 is 0. The van der Waals surface area contributed by atoms with Gasteiger partial charge in [0.1, 0.15) is 12.4 Å². The van der Waals surface area contributed by atoms with Crippen LogP contribution in [-0.4, -0.2) is 55.9 Å². The summed E-state index contributed by atoms with van der Waals surface area (Å²) in [4.78, 5) is 14.4. The molecule has 3 rings (SSSR count). The van der Waals surface area contributed by atoms with Crippen molar-refractivity contribution in [3.8, 4) is 0 Å². The van der Waals surface area contributed by atoms with Gasteiger partial charge in [0.05, 0.1) is 12.7 Å². The summed E-state index contributed by atoms with van der Waals surface area (Å²) in [5.74, 6) is -0.245. The second kappa shape index (κ2) is 10.00. The van der Waals surface area contributed by atoms with Gasteiger partial charge in [-0.15, -0.1) is 0 Å². The highest BCUT2D eigenvalue weighted by atomic mass is 19.1. The topological polar surface area (TPSA) is 50.8 Å². The van der Waals surface area contributed by atoms with E-state index in [1.807, 2.05) is 12.1 Å². The Kier molecular flexibility index (Phi) is 7.41. The Hall–Kier alpha value is -1.50. The molecule has 0 radical (unpaired) electrons. The van der Waals surface area contributed by atoms with Gasteiger partial charge in [-0.1, -0.05) is 12.1 Å². The number of carbonyl (C=O) groups is 1. The number of rotatable bonds is 7. The maximum Gasteiger partial charge on any atom is 0.246 e. The molecule has 2 heterocycles. The number of nitrogens with one attached hydrogen (secondary N) is 1. The highest BCUT2D eigenvalue weighted by Crippen LogP contribution is 2.15. The van der Waals surface area contributed by atoms with Gasteiger partial charge in [-0.25, -0.2) is 4.39 Å². The molecule has 1 amide bonds. The first kappa shape index (κ1) is 19.3. The summed E-state index contributed by atoms with van der Waals surface area (Å²) in [5, 5.41) is 3.07. The van der Waals surface area contributed by atoms with Gasteiger partial charge in [0.2, 0.25) is 5.91 Å². The van der Waals surface area contributed by atoms with E-state index in [0.717, 1.165) is 57.5 Å². The fraction of sp³-hybridized carbons (Fsp3) is 0.650. The molecule has 26 heavy (non-hydrogen) atoms. The van der Waals surface area contributed by atoms with Crippen molar-refractivity contribution in [1.29, 1.82) is 0 Å². The lowest BCUT2D eigenvalue weighted by atomic mass is 10.0. The van der Waals surface area contributed by atoms with Crippen LogP contribution in [0.25, 0.3) is 0 Å². The normalized spacial score (nSPS) is 22.3. The number of piperidine rings is 1. The minimum absolute atomic E-state index is 0.0437. The van der Waals surface area contributed by atoms with Gasteiger partial charge < -0.3 is 14.8 Å². The Morgan fingerprint density at radius 2 is 1.96 bits per heavy atom. The molecule has 0 aromatic heterocycles. The Bertz CT molecular complexity index is 553. The molecular formula is C20H29FN2O3. The zero-order valence-corrected chi connectivity index (χ0v) is 15.3. The van der Waals surface area contributed by atoms with Gasteiger partial charge in [0.25, 0.3) is 0 Å². The summed E-state index contributed by atoms with van der Waals surface area (Å²) in [6.07, 6.45) is 5.32. The maximum absolute atomic E-state index is 13.0. The Morgan fingerprint density at radius 1 is 1.19 bits per heavy atom. The average molecular weight is 364 g/mol. The molecule has 1 atom stereocenters. The van der Waals surface area contributed by atoms with Crippen LogP contribution in [0.15, 0.2) is 24.3 Å². The van der Waals surface area contributed by atoms with Gasteiger partial charge in [-0.3, -0.25) is 9.69 Å². The van der Waals surface area contributed by atoms with Crippen molar-refractivity contribution >= 4 is 5.91 Å². The van der Waals surface area contributed by atoms with Crippen molar-refractivity contribution in [2.45, 2.75) is 50.8 Å². The largest absolute Gasteiger partial charge is 0.376 e. The maximum atomic E-state index is 13.0. The monoisotopic (exact) mass is 364 g/mol. The van der Waals surface area contributed by atoms with E-state index in [4.69, 9.17) is 9.47 Å². The Labute approximate surface area is 154 Å². The minimum Gasteiger partial charge on any atom is -0.376 e. The highest BCUT2D eigenvalue weighted by molar-refractivity contribution is 5.77. The predicted octanol–water partition coefficient (Wildman–Crippen LogP) is 2.49. The van der Waals surface area contributed by atoms with E-state index >= 15 is 0 Å². The zero-order valence-electron chi connectivity index (χ0n) is 15.3. The lowest BCUT2D eigenvalue weighted by Gasteiger charge is -2.32. The molecule has 2 fully saturated rings. The third-order valence-corrected chi connectivity index (χ3v) is 5.08. The van der Waals surface area contributed by atoms with Crippen LogP contribution in [0.4, 0.5) is 4.39 Å². The Balaban J connectivity index is 1.29. The molecule has 0 saturated carbocycles. The number of nitrogens with zero attached hydrogens (tertiary/aromatic N) is 1. The first-order valence-corrected chi connectivity index (χ1v) is 9.64. The second-order valence-electron chi connectivity index (χ2n) is 7.25. The van der Waals surface area contributed by atoms with E-state index in [9.17, 15) is 9.18 Å². The van der Waals surface area contributed by atoms with Crippen molar-refractivity contribution in [2.24, 2.45) is 0 Å². The molecule has 0 spiro atoms. The third kappa shape index (κ3) is 6.34. The number of hydrogen-bond donors (Lipinski definition) is 1. The molecular weight excluding hydrogens is 335 g/mol. The van der Waals surface area contributed by atoms with E-state index in [-0.39, 0.29) is 30.5 Å².